The quantitative estimate of drug-likeness (QED) is 0.782. The Morgan fingerprint density at radius 1 is 1.27 bits per heavy atom. The molecule has 1 aliphatic carbocycles. The third-order valence-corrected chi connectivity index (χ3v) is 6.18. The summed E-state index contributed by atoms with van der Waals surface area (Å²) < 4.78 is 18.7. The summed E-state index contributed by atoms with van der Waals surface area (Å²) >= 11 is 0. The highest BCUT2D eigenvalue weighted by Gasteiger charge is 2.47. The summed E-state index contributed by atoms with van der Waals surface area (Å²) in [5, 5.41) is 14.9. The topological polar surface area (TPSA) is 74.4 Å². The van der Waals surface area contributed by atoms with E-state index in [1.54, 1.807) is 12.1 Å². The van der Waals surface area contributed by atoms with Crippen LogP contribution >= 0.6 is 0 Å². The highest BCUT2D eigenvalue weighted by Crippen LogP contribution is 2.48. The summed E-state index contributed by atoms with van der Waals surface area (Å²) in [5.41, 5.74) is 0.946. The van der Waals surface area contributed by atoms with Gasteiger partial charge in [-0.1, -0.05) is 0 Å². The molecule has 2 heterocycles. The maximum absolute atomic E-state index is 13.3. The lowest BCUT2D eigenvalue weighted by Gasteiger charge is -2.37. The van der Waals surface area contributed by atoms with Crippen LogP contribution in [0.5, 0.6) is 0 Å². The summed E-state index contributed by atoms with van der Waals surface area (Å²) in [6, 6.07) is 6.18. The Hall–Kier alpha value is -1.76. The number of halogens is 1. The zero-order chi connectivity index (χ0) is 18.1. The summed E-state index contributed by atoms with van der Waals surface area (Å²) in [5.74, 6) is -0.155. The number of rotatable bonds is 4. The second-order valence-corrected chi connectivity index (χ2v) is 7.70. The molecule has 3 N–H and O–H groups in total. The van der Waals surface area contributed by atoms with E-state index in [-0.39, 0.29) is 28.8 Å². The fraction of sp³-hybridized carbons (Fsp3) is 0.550. The molecule has 1 aromatic carbocycles. The average molecular weight is 360 g/mol. The van der Waals surface area contributed by atoms with Gasteiger partial charge in [0.25, 0.3) is 5.56 Å². The van der Waals surface area contributed by atoms with E-state index in [1.165, 1.54) is 12.1 Å². The van der Waals surface area contributed by atoms with Gasteiger partial charge in [-0.15, -0.1) is 0 Å². The maximum Gasteiger partial charge on any atom is 0.252 e. The van der Waals surface area contributed by atoms with Gasteiger partial charge in [0.1, 0.15) is 5.82 Å². The van der Waals surface area contributed by atoms with E-state index >= 15 is 0 Å². The number of aliphatic hydroxyl groups is 1. The van der Waals surface area contributed by atoms with Crippen molar-refractivity contribution in [2.45, 2.75) is 38.3 Å². The minimum Gasteiger partial charge on any atom is -0.392 e. The number of nitrogens with one attached hydrogen (secondary N) is 2. The maximum atomic E-state index is 13.3. The fourth-order valence-electron chi connectivity index (χ4n) is 4.56. The minimum absolute atomic E-state index is 0.0229. The first kappa shape index (κ1) is 17.6. The molecule has 2 atom stereocenters. The third kappa shape index (κ3) is 3.29. The summed E-state index contributed by atoms with van der Waals surface area (Å²) in [4.78, 5) is 14.9. The SMILES string of the molecule is O=c1[nH]c2cc(F)ccc2cc1CNC[C@@H]1CCC2(CCOCC2)[C@@H]1O. The number of benzene rings is 1. The Morgan fingerprint density at radius 3 is 2.88 bits per heavy atom. The van der Waals surface area contributed by atoms with Crippen LogP contribution in [0.4, 0.5) is 4.39 Å². The van der Waals surface area contributed by atoms with Gasteiger partial charge in [0, 0.05) is 37.3 Å². The van der Waals surface area contributed by atoms with Gasteiger partial charge in [-0.25, -0.2) is 4.39 Å². The van der Waals surface area contributed by atoms with E-state index in [2.05, 4.69) is 10.3 Å². The largest absolute Gasteiger partial charge is 0.392 e. The van der Waals surface area contributed by atoms with Crippen molar-refractivity contribution in [2.75, 3.05) is 19.8 Å². The van der Waals surface area contributed by atoms with Gasteiger partial charge in [0.15, 0.2) is 0 Å². The monoisotopic (exact) mass is 360 g/mol. The molecule has 1 aromatic heterocycles. The Balaban J connectivity index is 1.39. The fourth-order valence-corrected chi connectivity index (χ4v) is 4.56. The number of pyridine rings is 1. The first-order valence-corrected chi connectivity index (χ1v) is 9.35. The normalized spacial score (nSPS) is 25.2. The Bertz CT molecular complexity index is 845. The Kier molecular flexibility index (Phi) is 4.82. The summed E-state index contributed by atoms with van der Waals surface area (Å²) in [6.07, 6.45) is 3.61. The van der Waals surface area contributed by atoms with Crippen LogP contribution in [-0.4, -0.2) is 36.0 Å². The number of ether oxygens (including phenoxy) is 1. The molecule has 0 radical (unpaired) electrons. The molecule has 0 amide bonds. The number of aliphatic hydroxyl groups excluding tert-OH is 1. The van der Waals surface area contributed by atoms with E-state index in [0.717, 1.165) is 44.3 Å². The molecule has 2 fully saturated rings. The molecule has 4 rings (SSSR count). The number of aromatic amines is 1. The van der Waals surface area contributed by atoms with E-state index < -0.39 is 0 Å². The number of H-pyrrole nitrogens is 1. The van der Waals surface area contributed by atoms with Crippen molar-refractivity contribution in [3.8, 4) is 0 Å². The van der Waals surface area contributed by atoms with Crippen molar-refractivity contribution in [1.29, 1.82) is 0 Å². The van der Waals surface area contributed by atoms with Crippen LogP contribution in [0.1, 0.15) is 31.2 Å². The van der Waals surface area contributed by atoms with Gasteiger partial charge in [-0.05, 0) is 61.3 Å². The van der Waals surface area contributed by atoms with E-state index in [4.69, 9.17) is 4.74 Å². The molecule has 1 spiro atoms. The average Bonchev–Trinajstić information content (AvgIpc) is 2.92. The minimum atomic E-state index is -0.365. The smallest absolute Gasteiger partial charge is 0.252 e. The van der Waals surface area contributed by atoms with Crippen LogP contribution in [-0.2, 0) is 11.3 Å². The van der Waals surface area contributed by atoms with Crippen LogP contribution in [0, 0.1) is 17.2 Å². The second kappa shape index (κ2) is 7.10. The van der Waals surface area contributed by atoms with Crippen LogP contribution in [0.15, 0.2) is 29.1 Å². The van der Waals surface area contributed by atoms with Gasteiger partial charge < -0.3 is 20.1 Å². The molecule has 0 unspecified atom stereocenters. The Labute approximate surface area is 151 Å². The predicted molar refractivity (Wildman–Crippen MR) is 97.5 cm³/mol. The first-order chi connectivity index (χ1) is 12.6. The summed E-state index contributed by atoms with van der Waals surface area (Å²) in [7, 11) is 0. The standard InChI is InChI=1S/C20H25FN2O3/c21-16-2-1-13-9-15(19(25)23-17(13)10-16)12-22-11-14-3-4-20(18(14)24)5-7-26-8-6-20/h1-2,9-10,14,18,22,24H,3-8,11-12H2,(H,23,25)/t14-,18+/m0/s1. The molecule has 1 aliphatic heterocycles. The lowest BCUT2D eigenvalue weighted by Crippen LogP contribution is -2.41. The molecule has 0 bridgehead atoms. The van der Waals surface area contributed by atoms with Crippen molar-refractivity contribution < 1.29 is 14.2 Å². The molecular weight excluding hydrogens is 335 g/mol. The third-order valence-electron chi connectivity index (χ3n) is 6.18. The van der Waals surface area contributed by atoms with Crippen molar-refractivity contribution in [3.63, 3.8) is 0 Å². The first-order valence-electron chi connectivity index (χ1n) is 9.35. The van der Waals surface area contributed by atoms with Gasteiger partial charge in [0.2, 0.25) is 0 Å². The molecule has 5 nitrogen and oxygen atoms in total. The van der Waals surface area contributed by atoms with Gasteiger partial charge in [-0.3, -0.25) is 4.79 Å². The highest BCUT2D eigenvalue weighted by atomic mass is 19.1. The lowest BCUT2D eigenvalue weighted by atomic mass is 9.76. The van der Waals surface area contributed by atoms with Crippen molar-refractivity contribution in [3.05, 3.63) is 46.0 Å². The van der Waals surface area contributed by atoms with Crippen molar-refractivity contribution in [1.82, 2.24) is 10.3 Å². The van der Waals surface area contributed by atoms with E-state index in [9.17, 15) is 14.3 Å². The molecule has 1 saturated carbocycles. The zero-order valence-corrected chi connectivity index (χ0v) is 14.8. The number of aromatic nitrogens is 1. The van der Waals surface area contributed by atoms with Gasteiger partial charge in [0.05, 0.1) is 11.6 Å². The van der Waals surface area contributed by atoms with E-state index in [1.807, 2.05) is 0 Å². The lowest BCUT2D eigenvalue weighted by molar-refractivity contribution is -0.0557. The van der Waals surface area contributed by atoms with Crippen LogP contribution in [0.25, 0.3) is 10.9 Å². The molecule has 2 aromatic rings. The van der Waals surface area contributed by atoms with Crippen molar-refractivity contribution >= 4 is 10.9 Å². The predicted octanol–water partition coefficient (Wildman–Crippen LogP) is 2.32. The second-order valence-electron chi connectivity index (χ2n) is 7.70. The van der Waals surface area contributed by atoms with Gasteiger partial charge >= 0.3 is 0 Å². The molecule has 2 aliphatic rings. The van der Waals surface area contributed by atoms with E-state index in [0.29, 0.717) is 24.2 Å². The van der Waals surface area contributed by atoms with Crippen LogP contribution < -0.4 is 10.9 Å². The molecule has 1 saturated heterocycles. The van der Waals surface area contributed by atoms with Crippen molar-refractivity contribution in [2.24, 2.45) is 11.3 Å². The Morgan fingerprint density at radius 2 is 2.08 bits per heavy atom. The summed E-state index contributed by atoms with van der Waals surface area (Å²) in [6.45, 7) is 2.60. The number of hydrogen-bond donors (Lipinski definition) is 3. The molecule has 26 heavy (non-hydrogen) atoms. The highest BCUT2D eigenvalue weighted by molar-refractivity contribution is 5.78. The molecule has 140 valence electrons. The van der Waals surface area contributed by atoms with Crippen LogP contribution in [0.3, 0.4) is 0 Å². The number of hydrogen-bond acceptors (Lipinski definition) is 4. The molecular formula is C20H25FN2O3. The number of fused-ring (bicyclic) bond motifs is 1. The van der Waals surface area contributed by atoms with Crippen LogP contribution in [0.2, 0.25) is 0 Å². The molecule has 6 heteroatoms. The van der Waals surface area contributed by atoms with Gasteiger partial charge in [-0.2, -0.15) is 0 Å². The zero-order valence-electron chi connectivity index (χ0n) is 14.8.